The molecule has 0 unspecified atom stereocenters. The lowest BCUT2D eigenvalue weighted by molar-refractivity contribution is 0.578. The van der Waals surface area contributed by atoms with Gasteiger partial charge in [-0.05, 0) is 55.7 Å². The van der Waals surface area contributed by atoms with Gasteiger partial charge in [0.05, 0.1) is 5.69 Å². The molecule has 0 atom stereocenters. The molecular formula is C16H17FN2. The maximum Gasteiger partial charge on any atom is 0.123 e. The summed E-state index contributed by atoms with van der Waals surface area (Å²) in [5, 5.41) is 0. The lowest BCUT2D eigenvalue weighted by atomic mass is 10.1. The van der Waals surface area contributed by atoms with Crippen molar-refractivity contribution in [2.75, 3.05) is 18.0 Å². The van der Waals surface area contributed by atoms with Crippen LogP contribution in [0.25, 0.3) is 11.3 Å². The molecule has 1 aromatic heterocycles. The number of hydrogen-bond donors (Lipinski definition) is 0. The number of pyridine rings is 1. The van der Waals surface area contributed by atoms with Crippen LogP contribution in [0.4, 0.5) is 10.1 Å². The number of halogens is 1. The lowest BCUT2D eigenvalue weighted by Gasteiger charge is -2.28. The maximum atomic E-state index is 12.9. The minimum absolute atomic E-state index is 0.212. The number of aromatic nitrogens is 1. The highest BCUT2D eigenvalue weighted by Crippen LogP contribution is 2.24. The van der Waals surface area contributed by atoms with Crippen molar-refractivity contribution in [2.24, 2.45) is 0 Å². The molecule has 0 bridgehead atoms. The van der Waals surface area contributed by atoms with Crippen molar-refractivity contribution in [3.05, 3.63) is 48.4 Å². The number of hydrogen-bond acceptors (Lipinski definition) is 2. The average Bonchev–Trinajstić information content (AvgIpc) is 2.49. The van der Waals surface area contributed by atoms with Crippen LogP contribution in [0.5, 0.6) is 0 Å². The first kappa shape index (κ1) is 12.2. The average molecular weight is 256 g/mol. The highest BCUT2D eigenvalue weighted by Gasteiger charge is 2.11. The van der Waals surface area contributed by atoms with Crippen molar-refractivity contribution in [3.8, 4) is 11.3 Å². The normalized spacial score (nSPS) is 15.5. The number of anilines is 1. The maximum absolute atomic E-state index is 12.9. The first-order valence-corrected chi connectivity index (χ1v) is 6.80. The van der Waals surface area contributed by atoms with Crippen LogP contribution in [0.15, 0.2) is 42.6 Å². The third-order valence-electron chi connectivity index (χ3n) is 3.60. The van der Waals surface area contributed by atoms with Gasteiger partial charge in [0.1, 0.15) is 5.82 Å². The molecule has 1 fully saturated rings. The zero-order chi connectivity index (χ0) is 13.1. The molecule has 98 valence electrons. The van der Waals surface area contributed by atoms with Crippen LogP contribution in [0, 0.1) is 5.82 Å². The van der Waals surface area contributed by atoms with Gasteiger partial charge in [-0.25, -0.2) is 4.39 Å². The highest BCUT2D eigenvalue weighted by molar-refractivity contribution is 5.64. The molecule has 3 rings (SSSR count). The predicted molar refractivity (Wildman–Crippen MR) is 75.7 cm³/mol. The lowest BCUT2D eigenvalue weighted by Crippen LogP contribution is -2.29. The van der Waals surface area contributed by atoms with Gasteiger partial charge in [0.25, 0.3) is 0 Å². The molecule has 2 nitrogen and oxygen atoms in total. The zero-order valence-electron chi connectivity index (χ0n) is 10.8. The molecule has 0 N–H and O–H groups in total. The Morgan fingerprint density at radius 2 is 1.68 bits per heavy atom. The van der Waals surface area contributed by atoms with Crippen LogP contribution < -0.4 is 4.90 Å². The van der Waals surface area contributed by atoms with Crippen molar-refractivity contribution in [2.45, 2.75) is 19.3 Å². The minimum atomic E-state index is -0.212. The van der Waals surface area contributed by atoms with Crippen LogP contribution in [-0.2, 0) is 0 Å². The molecule has 1 aromatic carbocycles. The molecule has 2 aromatic rings. The Morgan fingerprint density at radius 1 is 0.947 bits per heavy atom. The first-order valence-electron chi connectivity index (χ1n) is 6.80. The van der Waals surface area contributed by atoms with Crippen molar-refractivity contribution in [1.29, 1.82) is 0 Å². The fraction of sp³-hybridized carbons (Fsp3) is 0.312. The van der Waals surface area contributed by atoms with E-state index in [1.165, 1.54) is 37.1 Å². The predicted octanol–water partition coefficient (Wildman–Crippen LogP) is 3.88. The van der Waals surface area contributed by atoms with Gasteiger partial charge >= 0.3 is 0 Å². The van der Waals surface area contributed by atoms with E-state index in [1.54, 1.807) is 12.1 Å². The Kier molecular flexibility index (Phi) is 3.45. The fourth-order valence-corrected chi connectivity index (χ4v) is 2.55. The Hall–Kier alpha value is -1.90. The monoisotopic (exact) mass is 256 g/mol. The van der Waals surface area contributed by atoms with Gasteiger partial charge < -0.3 is 4.90 Å². The molecule has 1 aliphatic rings. The molecule has 2 heterocycles. The van der Waals surface area contributed by atoms with Gasteiger partial charge in [-0.15, -0.1) is 0 Å². The fourth-order valence-electron chi connectivity index (χ4n) is 2.55. The molecule has 0 amide bonds. The van der Waals surface area contributed by atoms with E-state index in [9.17, 15) is 4.39 Å². The van der Waals surface area contributed by atoms with Gasteiger partial charge in [-0.1, -0.05) is 0 Å². The summed E-state index contributed by atoms with van der Waals surface area (Å²) in [4.78, 5) is 6.79. The van der Waals surface area contributed by atoms with Gasteiger partial charge in [0.2, 0.25) is 0 Å². The van der Waals surface area contributed by atoms with Gasteiger partial charge in [-0.2, -0.15) is 0 Å². The van der Waals surface area contributed by atoms with E-state index in [2.05, 4.69) is 22.0 Å². The molecule has 1 saturated heterocycles. The molecule has 3 heteroatoms. The van der Waals surface area contributed by atoms with Crippen LogP contribution in [0.1, 0.15) is 19.3 Å². The summed E-state index contributed by atoms with van der Waals surface area (Å²) in [5.74, 6) is -0.212. The number of benzene rings is 1. The topological polar surface area (TPSA) is 16.1 Å². The largest absolute Gasteiger partial charge is 0.371 e. The van der Waals surface area contributed by atoms with E-state index >= 15 is 0 Å². The number of rotatable bonds is 2. The van der Waals surface area contributed by atoms with E-state index in [0.29, 0.717) is 0 Å². The first-order chi connectivity index (χ1) is 9.33. The van der Waals surface area contributed by atoms with Crippen molar-refractivity contribution in [1.82, 2.24) is 4.98 Å². The van der Waals surface area contributed by atoms with Crippen molar-refractivity contribution >= 4 is 5.69 Å². The van der Waals surface area contributed by atoms with Crippen LogP contribution >= 0.6 is 0 Å². The van der Waals surface area contributed by atoms with Gasteiger partial charge in [0, 0.05) is 30.5 Å². The van der Waals surface area contributed by atoms with Gasteiger partial charge in [0.15, 0.2) is 0 Å². The number of nitrogens with zero attached hydrogens (tertiary/aromatic N) is 2. The summed E-state index contributed by atoms with van der Waals surface area (Å²) in [6.07, 6.45) is 5.68. The van der Waals surface area contributed by atoms with E-state index < -0.39 is 0 Å². The summed E-state index contributed by atoms with van der Waals surface area (Å²) in [6.45, 7) is 2.24. The molecule has 1 aliphatic heterocycles. The number of piperidine rings is 1. The van der Waals surface area contributed by atoms with E-state index in [0.717, 1.165) is 24.3 Å². The summed E-state index contributed by atoms with van der Waals surface area (Å²) in [5.41, 5.74) is 3.08. The molecule has 19 heavy (non-hydrogen) atoms. The Labute approximate surface area is 112 Å². The summed E-state index contributed by atoms with van der Waals surface area (Å²) in [6, 6.07) is 10.7. The summed E-state index contributed by atoms with van der Waals surface area (Å²) >= 11 is 0. The van der Waals surface area contributed by atoms with E-state index in [1.807, 2.05) is 6.20 Å². The third-order valence-corrected chi connectivity index (χ3v) is 3.60. The Balaban J connectivity index is 1.88. The van der Waals surface area contributed by atoms with Crippen LogP contribution in [-0.4, -0.2) is 18.1 Å². The molecule has 0 spiro atoms. The molecule has 0 aliphatic carbocycles. The van der Waals surface area contributed by atoms with E-state index in [4.69, 9.17) is 0 Å². The second-order valence-corrected chi connectivity index (χ2v) is 4.95. The van der Waals surface area contributed by atoms with Crippen molar-refractivity contribution < 1.29 is 4.39 Å². The quantitative estimate of drug-likeness (QED) is 0.810. The standard InChI is InChI=1S/C16H17FN2/c17-14-6-4-13(5-7-14)16-12-15(8-9-18-16)19-10-2-1-3-11-19/h4-9,12H,1-3,10-11H2. The smallest absolute Gasteiger partial charge is 0.123 e. The molecule has 0 saturated carbocycles. The highest BCUT2D eigenvalue weighted by atomic mass is 19.1. The zero-order valence-corrected chi connectivity index (χ0v) is 10.8. The summed E-state index contributed by atoms with van der Waals surface area (Å²) < 4.78 is 12.9. The third kappa shape index (κ3) is 2.75. The van der Waals surface area contributed by atoms with Crippen molar-refractivity contribution in [3.63, 3.8) is 0 Å². The minimum Gasteiger partial charge on any atom is -0.371 e. The van der Waals surface area contributed by atoms with Crippen LogP contribution in [0.3, 0.4) is 0 Å². The SMILES string of the molecule is Fc1ccc(-c2cc(N3CCCCC3)ccn2)cc1. The second kappa shape index (κ2) is 5.39. The molecular weight excluding hydrogens is 239 g/mol. The Morgan fingerprint density at radius 3 is 2.42 bits per heavy atom. The van der Waals surface area contributed by atoms with Gasteiger partial charge in [-0.3, -0.25) is 4.98 Å². The van der Waals surface area contributed by atoms with E-state index in [-0.39, 0.29) is 5.82 Å². The molecule has 0 radical (unpaired) electrons. The second-order valence-electron chi connectivity index (χ2n) is 4.95. The summed E-state index contributed by atoms with van der Waals surface area (Å²) in [7, 11) is 0. The Bertz CT molecular complexity index is 545. The van der Waals surface area contributed by atoms with Crippen LogP contribution in [0.2, 0.25) is 0 Å².